The zero-order valence-corrected chi connectivity index (χ0v) is 15.0. The molecule has 1 aromatic heterocycles. The number of esters is 1. The Morgan fingerprint density at radius 2 is 2.00 bits per heavy atom. The Bertz CT molecular complexity index is 868. The highest BCUT2D eigenvalue weighted by atomic mass is 35.5. The summed E-state index contributed by atoms with van der Waals surface area (Å²) in [5.41, 5.74) is 1.71. The van der Waals surface area contributed by atoms with E-state index in [0.717, 1.165) is 17.1 Å². The van der Waals surface area contributed by atoms with Gasteiger partial charge >= 0.3 is 5.97 Å². The molecule has 0 amide bonds. The molecule has 3 aromatic rings. The molecule has 0 atom stereocenters. The number of rotatable bonds is 6. The van der Waals surface area contributed by atoms with Crippen LogP contribution in [0.3, 0.4) is 0 Å². The lowest BCUT2D eigenvalue weighted by Gasteiger charge is -2.10. The van der Waals surface area contributed by atoms with Crippen LogP contribution in [0.2, 0.25) is 5.02 Å². The molecular weight excluding hydrogens is 360 g/mol. The molecule has 0 aliphatic carbocycles. The van der Waals surface area contributed by atoms with Crippen molar-refractivity contribution < 1.29 is 14.3 Å². The molecule has 5 nitrogen and oxygen atoms in total. The number of benzene rings is 2. The summed E-state index contributed by atoms with van der Waals surface area (Å²) in [6, 6.07) is 15.0. The van der Waals surface area contributed by atoms with Gasteiger partial charge in [-0.25, -0.2) is 9.78 Å². The second kappa shape index (κ2) is 8.09. The van der Waals surface area contributed by atoms with E-state index in [4.69, 9.17) is 21.1 Å². The highest BCUT2D eigenvalue weighted by molar-refractivity contribution is 7.07. The number of carbonyl (C=O) groups excluding carboxylic acids is 1. The number of hydrogen-bond donors (Lipinski definition) is 0. The molecule has 1 heterocycles. The van der Waals surface area contributed by atoms with Gasteiger partial charge in [-0.3, -0.25) is 0 Å². The lowest BCUT2D eigenvalue weighted by Crippen LogP contribution is -2.03. The molecule has 0 aliphatic rings. The minimum atomic E-state index is -0.480. The highest BCUT2D eigenvalue weighted by Gasteiger charge is 2.17. The number of aromatic nitrogens is 2. The summed E-state index contributed by atoms with van der Waals surface area (Å²) in [7, 11) is 0. The summed E-state index contributed by atoms with van der Waals surface area (Å²) in [5, 5.41) is 0.758. The van der Waals surface area contributed by atoms with Gasteiger partial charge in [0.25, 0.3) is 0 Å². The normalized spacial score (nSPS) is 10.5. The van der Waals surface area contributed by atoms with Gasteiger partial charge in [0.05, 0.1) is 12.2 Å². The molecule has 2 aromatic carbocycles. The zero-order valence-electron chi connectivity index (χ0n) is 13.4. The Labute approximate surface area is 154 Å². The first-order valence-electron chi connectivity index (χ1n) is 7.65. The van der Waals surface area contributed by atoms with Crippen LogP contribution in [0.15, 0.2) is 48.5 Å². The first-order chi connectivity index (χ1) is 12.2. The zero-order chi connectivity index (χ0) is 17.6. The van der Waals surface area contributed by atoms with Crippen molar-refractivity contribution in [1.29, 1.82) is 0 Å². The fourth-order valence-corrected chi connectivity index (χ4v) is 2.88. The van der Waals surface area contributed by atoms with Crippen molar-refractivity contribution in [2.45, 2.75) is 13.5 Å². The van der Waals surface area contributed by atoms with Crippen LogP contribution in [0.4, 0.5) is 0 Å². The van der Waals surface area contributed by atoms with Crippen LogP contribution in [0.25, 0.3) is 11.4 Å². The molecule has 25 heavy (non-hydrogen) atoms. The molecule has 0 spiro atoms. The van der Waals surface area contributed by atoms with Gasteiger partial charge in [0, 0.05) is 5.02 Å². The molecule has 0 fully saturated rings. The monoisotopic (exact) mass is 374 g/mol. The Morgan fingerprint density at radius 1 is 1.20 bits per heavy atom. The van der Waals surface area contributed by atoms with E-state index in [0.29, 0.717) is 35.4 Å². The maximum absolute atomic E-state index is 11.8. The minimum Gasteiger partial charge on any atom is -0.488 e. The third-order valence-electron chi connectivity index (χ3n) is 3.30. The molecule has 0 bridgehead atoms. The SMILES string of the molecule is CCOC(=O)c1nc(-c2ccc(Cl)cc2OCc2ccccc2)ns1. The molecule has 0 saturated carbocycles. The molecule has 0 aliphatic heterocycles. The Kier molecular flexibility index (Phi) is 5.63. The molecule has 3 rings (SSSR count). The maximum atomic E-state index is 11.8. The predicted molar refractivity (Wildman–Crippen MR) is 97.1 cm³/mol. The molecule has 0 N–H and O–H groups in total. The van der Waals surface area contributed by atoms with Crippen molar-refractivity contribution >= 4 is 29.1 Å². The van der Waals surface area contributed by atoms with Crippen molar-refractivity contribution in [2.75, 3.05) is 6.61 Å². The van der Waals surface area contributed by atoms with Crippen LogP contribution in [0.1, 0.15) is 22.3 Å². The van der Waals surface area contributed by atoms with E-state index in [-0.39, 0.29) is 5.01 Å². The standard InChI is InChI=1S/C18H15ClN2O3S/c1-2-23-18(22)17-20-16(21-25-17)14-9-8-13(19)10-15(14)24-11-12-6-4-3-5-7-12/h3-10H,2,11H2,1H3. The third kappa shape index (κ3) is 4.35. The fourth-order valence-electron chi connectivity index (χ4n) is 2.14. The average molecular weight is 375 g/mol. The van der Waals surface area contributed by atoms with E-state index in [2.05, 4.69) is 9.36 Å². The summed E-state index contributed by atoms with van der Waals surface area (Å²) in [6.07, 6.45) is 0. The summed E-state index contributed by atoms with van der Waals surface area (Å²) in [5.74, 6) is 0.490. The first kappa shape index (κ1) is 17.4. The largest absolute Gasteiger partial charge is 0.488 e. The summed E-state index contributed by atoms with van der Waals surface area (Å²) >= 11 is 7.09. The van der Waals surface area contributed by atoms with Crippen LogP contribution in [0, 0.1) is 0 Å². The van der Waals surface area contributed by atoms with Crippen molar-refractivity contribution in [3.05, 3.63) is 64.1 Å². The second-order valence-corrected chi connectivity index (χ2v) is 6.25. The number of carbonyl (C=O) groups is 1. The Morgan fingerprint density at radius 3 is 2.76 bits per heavy atom. The van der Waals surface area contributed by atoms with E-state index in [1.165, 1.54) is 0 Å². The van der Waals surface area contributed by atoms with E-state index in [1.54, 1.807) is 25.1 Å². The van der Waals surface area contributed by atoms with Gasteiger partial charge in [-0.15, -0.1) is 0 Å². The minimum absolute atomic E-state index is 0.209. The van der Waals surface area contributed by atoms with Gasteiger partial charge in [-0.2, -0.15) is 4.37 Å². The number of halogens is 1. The number of nitrogens with zero attached hydrogens (tertiary/aromatic N) is 2. The topological polar surface area (TPSA) is 61.3 Å². The van der Waals surface area contributed by atoms with E-state index >= 15 is 0 Å². The Hall–Kier alpha value is -2.44. The second-order valence-electron chi connectivity index (χ2n) is 5.06. The molecular formula is C18H15ClN2O3S. The summed E-state index contributed by atoms with van der Waals surface area (Å²) in [6.45, 7) is 2.43. The maximum Gasteiger partial charge on any atom is 0.369 e. The quantitative estimate of drug-likeness (QED) is 0.589. The smallest absolute Gasteiger partial charge is 0.369 e. The number of ether oxygens (including phenoxy) is 2. The van der Waals surface area contributed by atoms with E-state index < -0.39 is 5.97 Å². The molecule has 7 heteroatoms. The van der Waals surface area contributed by atoms with E-state index in [1.807, 2.05) is 30.3 Å². The molecule has 128 valence electrons. The first-order valence-corrected chi connectivity index (χ1v) is 8.80. The van der Waals surface area contributed by atoms with Gasteiger partial charge in [-0.1, -0.05) is 41.9 Å². The fraction of sp³-hybridized carbons (Fsp3) is 0.167. The van der Waals surface area contributed by atoms with Crippen molar-refractivity contribution in [2.24, 2.45) is 0 Å². The Balaban J connectivity index is 1.85. The summed E-state index contributed by atoms with van der Waals surface area (Å²) in [4.78, 5) is 16.0. The van der Waals surface area contributed by atoms with Crippen LogP contribution >= 0.6 is 23.1 Å². The predicted octanol–water partition coefficient (Wildman–Crippen LogP) is 4.61. The van der Waals surface area contributed by atoms with Crippen LogP contribution in [-0.2, 0) is 11.3 Å². The lowest BCUT2D eigenvalue weighted by atomic mass is 10.2. The average Bonchev–Trinajstić information content (AvgIpc) is 3.11. The van der Waals surface area contributed by atoms with Gasteiger partial charge in [0.1, 0.15) is 12.4 Å². The third-order valence-corrected chi connectivity index (χ3v) is 4.23. The van der Waals surface area contributed by atoms with Gasteiger partial charge in [-0.05, 0) is 42.2 Å². The molecule has 0 unspecified atom stereocenters. The highest BCUT2D eigenvalue weighted by Crippen LogP contribution is 2.32. The molecule has 0 saturated heterocycles. The lowest BCUT2D eigenvalue weighted by molar-refractivity contribution is 0.0526. The van der Waals surface area contributed by atoms with Crippen LogP contribution < -0.4 is 4.74 Å². The number of hydrogen-bond acceptors (Lipinski definition) is 6. The van der Waals surface area contributed by atoms with Crippen molar-refractivity contribution in [3.63, 3.8) is 0 Å². The van der Waals surface area contributed by atoms with E-state index in [9.17, 15) is 4.79 Å². The van der Waals surface area contributed by atoms with Gasteiger partial charge < -0.3 is 9.47 Å². The van der Waals surface area contributed by atoms with Crippen molar-refractivity contribution in [1.82, 2.24) is 9.36 Å². The van der Waals surface area contributed by atoms with Crippen LogP contribution in [0.5, 0.6) is 5.75 Å². The van der Waals surface area contributed by atoms with Crippen LogP contribution in [-0.4, -0.2) is 21.9 Å². The molecule has 0 radical (unpaired) electrons. The van der Waals surface area contributed by atoms with Gasteiger partial charge in [0.2, 0.25) is 5.01 Å². The van der Waals surface area contributed by atoms with Crippen molar-refractivity contribution in [3.8, 4) is 17.1 Å². The summed E-state index contributed by atoms with van der Waals surface area (Å²) < 4.78 is 15.1. The van der Waals surface area contributed by atoms with Gasteiger partial charge in [0.15, 0.2) is 5.82 Å².